The maximum atomic E-state index is 12.2. The van der Waals surface area contributed by atoms with Crippen LogP contribution in [0.25, 0.3) is 10.9 Å². The van der Waals surface area contributed by atoms with Crippen molar-refractivity contribution in [2.75, 3.05) is 5.32 Å². The molecule has 1 amide bonds. The van der Waals surface area contributed by atoms with Crippen molar-refractivity contribution >= 4 is 34.1 Å². The third-order valence-corrected chi connectivity index (χ3v) is 3.14. The van der Waals surface area contributed by atoms with Crippen molar-refractivity contribution < 1.29 is 4.79 Å². The Morgan fingerprint density at radius 3 is 2.76 bits per heavy atom. The zero-order valence-electron chi connectivity index (χ0n) is 11.2. The van der Waals surface area contributed by atoms with E-state index in [-0.39, 0.29) is 16.8 Å². The Labute approximate surface area is 126 Å². The highest BCUT2D eigenvalue weighted by Crippen LogP contribution is 2.23. The van der Waals surface area contributed by atoms with E-state index in [9.17, 15) is 4.79 Å². The molecule has 0 aliphatic rings. The molecule has 0 saturated heterocycles. The van der Waals surface area contributed by atoms with E-state index in [1.54, 1.807) is 0 Å². The van der Waals surface area contributed by atoms with Gasteiger partial charge in [-0.2, -0.15) is 0 Å². The standard InChI is InChI=1S/C15H11ClN4O/c1-9-6-12(10-4-2-3-5-11(10)19-9)20-15(21)13-7-18-14(16)8-17-13/h2-8H,1H3,(H,19,20,21). The molecule has 0 saturated carbocycles. The number of hydrogen-bond donors (Lipinski definition) is 1. The van der Waals surface area contributed by atoms with Crippen molar-refractivity contribution in [2.24, 2.45) is 0 Å². The second-order valence-electron chi connectivity index (χ2n) is 4.51. The largest absolute Gasteiger partial charge is 0.320 e. The summed E-state index contributed by atoms with van der Waals surface area (Å²) in [6.07, 6.45) is 2.68. The van der Waals surface area contributed by atoms with E-state index in [0.717, 1.165) is 16.6 Å². The van der Waals surface area contributed by atoms with Gasteiger partial charge in [-0.1, -0.05) is 29.8 Å². The van der Waals surface area contributed by atoms with Gasteiger partial charge in [0.2, 0.25) is 0 Å². The number of para-hydroxylation sites is 1. The summed E-state index contributed by atoms with van der Waals surface area (Å²) in [5, 5.41) is 3.96. The van der Waals surface area contributed by atoms with Crippen LogP contribution < -0.4 is 5.32 Å². The van der Waals surface area contributed by atoms with Gasteiger partial charge in [0, 0.05) is 11.1 Å². The fraction of sp³-hybridized carbons (Fsp3) is 0.0667. The molecule has 1 aromatic carbocycles. The number of hydrogen-bond acceptors (Lipinski definition) is 4. The summed E-state index contributed by atoms with van der Waals surface area (Å²) in [5.74, 6) is -0.338. The van der Waals surface area contributed by atoms with Gasteiger partial charge in [0.05, 0.1) is 23.6 Å². The molecule has 3 aromatic rings. The summed E-state index contributed by atoms with van der Waals surface area (Å²) >= 11 is 5.66. The van der Waals surface area contributed by atoms with Crippen molar-refractivity contribution in [3.8, 4) is 0 Å². The second kappa shape index (κ2) is 5.46. The number of aryl methyl sites for hydroxylation is 1. The van der Waals surface area contributed by atoms with Crippen molar-refractivity contribution in [3.05, 3.63) is 59.3 Å². The Bertz CT molecular complexity index is 818. The van der Waals surface area contributed by atoms with Gasteiger partial charge in [0.15, 0.2) is 0 Å². The maximum absolute atomic E-state index is 12.2. The van der Waals surface area contributed by atoms with Gasteiger partial charge in [0.25, 0.3) is 5.91 Å². The van der Waals surface area contributed by atoms with Crippen LogP contribution in [0.2, 0.25) is 5.15 Å². The van der Waals surface area contributed by atoms with Crippen molar-refractivity contribution in [2.45, 2.75) is 6.92 Å². The van der Waals surface area contributed by atoms with Crippen LogP contribution in [-0.4, -0.2) is 20.9 Å². The quantitative estimate of drug-likeness (QED) is 0.788. The number of amides is 1. The molecule has 2 aromatic heterocycles. The molecule has 21 heavy (non-hydrogen) atoms. The Kier molecular flexibility index (Phi) is 3.50. The Hall–Kier alpha value is -2.53. The molecular formula is C15H11ClN4O. The highest BCUT2D eigenvalue weighted by Gasteiger charge is 2.11. The van der Waals surface area contributed by atoms with E-state index < -0.39 is 0 Å². The smallest absolute Gasteiger partial charge is 0.275 e. The number of halogens is 1. The molecule has 1 N–H and O–H groups in total. The van der Waals surface area contributed by atoms with Crippen molar-refractivity contribution in [1.82, 2.24) is 15.0 Å². The molecule has 3 rings (SSSR count). The maximum Gasteiger partial charge on any atom is 0.275 e. The van der Waals surface area contributed by atoms with Gasteiger partial charge in [-0.3, -0.25) is 9.78 Å². The van der Waals surface area contributed by atoms with Crippen LogP contribution in [0, 0.1) is 6.92 Å². The Morgan fingerprint density at radius 2 is 2.00 bits per heavy atom. The monoisotopic (exact) mass is 298 g/mol. The average molecular weight is 299 g/mol. The van der Waals surface area contributed by atoms with Crippen LogP contribution >= 0.6 is 11.6 Å². The van der Waals surface area contributed by atoms with Crippen LogP contribution in [0.15, 0.2) is 42.7 Å². The zero-order valence-corrected chi connectivity index (χ0v) is 11.9. The van der Waals surface area contributed by atoms with Crippen molar-refractivity contribution in [3.63, 3.8) is 0 Å². The first kappa shape index (κ1) is 13.5. The summed E-state index contributed by atoms with van der Waals surface area (Å²) < 4.78 is 0. The Morgan fingerprint density at radius 1 is 1.19 bits per heavy atom. The average Bonchev–Trinajstić information content (AvgIpc) is 2.47. The number of benzene rings is 1. The van der Waals surface area contributed by atoms with Gasteiger partial charge in [0.1, 0.15) is 10.8 Å². The third kappa shape index (κ3) is 2.83. The summed E-state index contributed by atoms with van der Waals surface area (Å²) in [6, 6.07) is 9.44. The molecular weight excluding hydrogens is 288 g/mol. The molecule has 0 aliphatic carbocycles. The molecule has 0 fully saturated rings. The number of pyridine rings is 1. The van der Waals surface area contributed by atoms with E-state index >= 15 is 0 Å². The van der Waals surface area contributed by atoms with E-state index in [1.807, 2.05) is 37.3 Å². The summed E-state index contributed by atoms with van der Waals surface area (Å²) in [6.45, 7) is 1.88. The molecule has 5 nitrogen and oxygen atoms in total. The highest BCUT2D eigenvalue weighted by molar-refractivity contribution is 6.29. The predicted molar refractivity (Wildman–Crippen MR) is 81.5 cm³/mol. The summed E-state index contributed by atoms with van der Waals surface area (Å²) in [5.41, 5.74) is 2.55. The lowest BCUT2D eigenvalue weighted by Crippen LogP contribution is -2.14. The molecule has 104 valence electrons. The van der Waals surface area contributed by atoms with E-state index in [1.165, 1.54) is 12.4 Å². The minimum absolute atomic E-state index is 0.206. The minimum atomic E-state index is -0.338. The SMILES string of the molecule is Cc1cc(NC(=O)c2cnc(Cl)cn2)c2ccccc2n1. The fourth-order valence-corrected chi connectivity index (χ4v) is 2.12. The van der Waals surface area contributed by atoms with Gasteiger partial charge in [-0.05, 0) is 19.1 Å². The minimum Gasteiger partial charge on any atom is -0.320 e. The lowest BCUT2D eigenvalue weighted by molar-refractivity contribution is 0.102. The van der Waals surface area contributed by atoms with Crippen LogP contribution in [0.1, 0.15) is 16.2 Å². The zero-order chi connectivity index (χ0) is 14.8. The van der Waals surface area contributed by atoms with Gasteiger partial charge in [-0.25, -0.2) is 9.97 Å². The number of nitrogens with zero attached hydrogens (tertiary/aromatic N) is 3. The van der Waals surface area contributed by atoms with E-state index in [2.05, 4.69) is 20.3 Å². The second-order valence-corrected chi connectivity index (χ2v) is 4.89. The topological polar surface area (TPSA) is 67.8 Å². The van der Waals surface area contributed by atoms with Gasteiger partial charge >= 0.3 is 0 Å². The summed E-state index contributed by atoms with van der Waals surface area (Å²) in [7, 11) is 0. The highest BCUT2D eigenvalue weighted by atomic mass is 35.5. The molecule has 0 radical (unpaired) electrons. The predicted octanol–water partition coefficient (Wildman–Crippen LogP) is 3.24. The molecule has 2 heterocycles. The summed E-state index contributed by atoms with van der Waals surface area (Å²) in [4.78, 5) is 24.4. The molecule has 0 aliphatic heterocycles. The lowest BCUT2D eigenvalue weighted by Gasteiger charge is -2.09. The van der Waals surface area contributed by atoms with Crippen molar-refractivity contribution in [1.29, 1.82) is 0 Å². The normalized spacial score (nSPS) is 10.6. The van der Waals surface area contributed by atoms with Gasteiger partial charge in [-0.15, -0.1) is 0 Å². The Balaban J connectivity index is 1.98. The molecule has 0 spiro atoms. The molecule has 0 unspecified atom stereocenters. The number of nitrogens with one attached hydrogen (secondary N) is 1. The van der Waals surface area contributed by atoms with Gasteiger partial charge < -0.3 is 5.32 Å². The third-order valence-electron chi connectivity index (χ3n) is 2.95. The number of carbonyl (C=O) groups excluding carboxylic acids is 1. The number of rotatable bonds is 2. The van der Waals surface area contributed by atoms with E-state index in [4.69, 9.17) is 11.6 Å². The lowest BCUT2D eigenvalue weighted by atomic mass is 10.1. The number of fused-ring (bicyclic) bond motifs is 1. The van der Waals surface area contributed by atoms with Crippen LogP contribution in [0.5, 0.6) is 0 Å². The molecule has 0 bridgehead atoms. The van der Waals surface area contributed by atoms with E-state index in [0.29, 0.717) is 5.69 Å². The van der Waals surface area contributed by atoms with Crippen LogP contribution in [0.3, 0.4) is 0 Å². The molecule has 0 atom stereocenters. The molecule has 6 heteroatoms. The number of anilines is 1. The number of aromatic nitrogens is 3. The first-order chi connectivity index (χ1) is 10.1. The first-order valence-electron chi connectivity index (χ1n) is 6.29. The first-order valence-corrected chi connectivity index (χ1v) is 6.66. The van der Waals surface area contributed by atoms with Crippen LogP contribution in [-0.2, 0) is 0 Å². The fourth-order valence-electron chi connectivity index (χ4n) is 2.03. The van der Waals surface area contributed by atoms with Crippen LogP contribution in [0.4, 0.5) is 5.69 Å². The number of carbonyl (C=O) groups is 1.